The number of nitrogens with zero attached hydrogens (tertiary/aromatic N) is 1. The quantitative estimate of drug-likeness (QED) is 0.493. The van der Waals surface area contributed by atoms with Gasteiger partial charge in [-0.15, -0.1) is 0 Å². The molecular formula is C13H12ClN5O2S. The van der Waals surface area contributed by atoms with E-state index in [9.17, 15) is 4.79 Å². The lowest BCUT2D eigenvalue weighted by atomic mass is 9.88. The average Bonchev–Trinajstić information content (AvgIpc) is 2.89. The highest BCUT2D eigenvalue weighted by atomic mass is 35.5. The van der Waals surface area contributed by atoms with Gasteiger partial charge in [0.2, 0.25) is 16.9 Å². The van der Waals surface area contributed by atoms with Gasteiger partial charge < -0.3 is 16.2 Å². The summed E-state index contributed by atoms with van der Waals surface area (Å²) in [6, 6.07) is 7.05. The fraction of sp³-hybridized carbons (Fsp3) is 0.0769. The van der Waals surface area contributed by atoms with E-state index in [1.807, 2.05) is 0 Å². The summed E-state index contributed by atoms with van der Waals surface area (Å²) in [7, 11) is 0. The number of nitrogen functional groups attached to an aromatic ring is 1. The Kier molecular flexibility index (Phi) is 3.65. The molecule has 7 N–H and O–H groups in total. The second-order valence-corrected chi connectivity index (χ2v) is 6.03. The number of primary amides is 1. The molecule has 1 atom stereocenters. The molecule has 0 saturated heterocycles. The third-order valence-corrected chi connectivity index (χ3v) is 4.52. The van der Waals surface area contributed by atoms with Gasteiger partial charge >= 0.3 is 0 Å². The van der Waals surface area contributed by atoms with Gasteiger partial charge in [-0.25, -0.2) is 5.84 Å². The van der Waals surface area contributed by atoms with Crippen molar-refractivity contribution in [1.29, 1.82) is 0 Å². The number of nitrogens with one attached hydrogen (secondary N) is 1. The number of aromatic nitrogens is 1. The lowest BCUT2D eigenvalue weighted by molar-refractivity contribution is -0.115. The fourth-order valence-electron chi connectivity index (χ4n) is 2.30. The Balaban J connectivity index is 2.19. The first kappa shape index (κ1) is 14.6. The molecule has 0 fully saturated rings. The van der Waals surface area contributed by atoms with Crippen LogP contribution >= 0.6 is 22.9 Å². The molecule has 0 radical (unpaired) electrons. The summed E-state index contributed by atoms with van der Waals surface area (Å²) in [5, 5.41) is 1.03. The van der Waals surface area contributed by atoms with E-state index in [0.29, 0.717) is 20.9 Å². The van der Waals surface area contributed by atoms with Crippen LogP contribution in [0, 0.1) is 0 Å². The summed E-state index contributed by atoms with van der Waals surface area (Å²) >= 11 is 7.18. The zero-order valence-corrected chi connectivity index (χ0v) is 12.7. The van der Waals surface area contributed by atoms with Crippen molar-refractivity contribution in [2.24, 2.45) is 17.3 Å². The summed E-state index contributed by atoms with van der Waals surface area (Å²) in [6.07, 6.45) is 0. The third-order valence-electron chi connectivity index (χ3n) is 3.24. The number of fused-ring (bicyclic) bond motifs is 1. The molecule has 1 amide bonds. The van der Waals surface area contributed by atoms with Crippen LogP contribution in [-0.2, 0) is 4.79 Å². The molecule has 0 bridgehead atoms. The number of benzene rings is 1. The molecule has 2 heterocycles. The van der Waals surface area contributed by atoms with E-state index in [1.54, 1.807) is 24.3 Å². The number of rotatable bonds is 3. The number of thiazole rings is 1. The van der Waals surface area contributed by atoms with Crippen LogP contribution in [0.5, 0.6) is 5.88 Å². The molecular weight excluding hydrogens is 326 g/mol. The van der Waals surface area contributed by atoms with Crippen LogP contribution in [0.4, 0.5) is 5.13 Å². The van der Waals surface area contributed by atoms with Gasteiger partial charge in [0.25, 0.3) is 5.91 Å². The third kappa shape index (κ3) is 2.37. The topological polar surface area (TPSA) is 129 Å². The zero-order chi connectivity index (χ0) is 15.9. The molecule has 1 aliphatic rings. The van der Waals surface area contributed by atoms with Crippen molar-refractivity contribution in [3.05, 3.63) is 51.2 Å². The lowest BCUT2D eigenvalue weighted by Gasteiger charge is -2.24. The van der Waals surface area contributed by atoms with Crippen molar-refractivity contribution in [3.63, 3.8) is 0 Å². The minimum absolute atomic E-state index is 0.0613. The standard InChI is InChI=1S/C13H12ClN5O2S/c14-6-3-1-5(2-4-6)7-8(10(15)20)11(16)21-12-9(7)22-13(18-12)19-17/h1-4,7H,16-17H2,(H2,15,20)(H,18,19). The SMILES string of the molecule is NNc1nc2c(s1)C(c1ccc(Cl)cc1)C(C(N)=O)=C(N)O2. The van der Waals surface area contributed by atoms with Crippen LogP contribution in [0.25, 0.3) is 0 Å². The van der Waals surface area contributed by atoms with Crippen LogP contribution in [0.2, 0.25) is 5.02 Å². The van der Waals surface area contributed by atoms with Crippen molar-refractivity contribution in [2.45, 2.75) is 5.92 Å². The van der Waals surface area contributed by atoms with Gasteiger partial charge in [0.1, 0.15) is 0 Å². The summed E-state index contributed by atoms with van der Waals surface area (Å²) in [5.41, 5.74) is 14.8. The number of carbonyl (C=O) groups is 1. The highest BCUT2D eigenvalue weighted by molar-refractivity contribution is 7.16. The number of amides is 1. The van der Waals surface area contributed by atoms with Crippen molar-refractivity contribution >= 4 is 34.0 Å². The largest absolute Gasteiger partial charge is 0.421 e. The number of hydrogen-bond acceptors (Lipinski definition) is 7. The highest BCUT2D eigenvalue weighted by Crippen LogP contribution is 2.46. The van der Waals surface area contributed by atoms with Gasteiger partial charge in [0.15, 0.2) is 0 Å². The molecule has 22 heavy (non-hydrogen) atoms. The Morgan fingerprint density at radius 2 is 2.05 bits per heavy atom. The molecule has 0 spiro atoms. The molecule has 114 valence electrons. The summed E-state index contributed by atoms with van der Waals surface area (Å²) in [6.45, 7) is 0. The van der Waals surface area contributed by atoms with E-state index in [4.69, 9.17) is 33.6 Å². The Bertz CT molecular complexity index is 771. The minimum Gasteiger partial charge on any atom is -0.421 e. The number of hydrogen-bond donors (Lipinski definition) is 4. The molecule has 9 heteroatoms. The molecule has 1 unspecified atom stereocenters. The minimum atomic E-state index is -0.654. The summed E-state index contributed by atoms with van der Waals surface area (Å²) in [5.74, 6) is 4.50. The molecule has 1 aliphatic heterocycles. The summed E-state index contributed by atoms with van der Waals surface area (Å²) < 4.78 is 5.40. The van der Waals surface area contributed by atoms with Crippen molar-refractivity contribution in [3.8, 4) is 5.88 Å². The average molecular weight is 338 g/mol. The Labute approximate surface area is 134 Å². The Morgan fingerprint density at radius 1 is 1.36 bits per heavy atom. The van der Waals surface area contributed by atoms with Gasteiger partial charge in [-0.05, 0) is 17.7 Å². The number of halogens is 1. The molecule has 3 rings (SSSR count). The monoisotopic (exact) mass is 337 g/mol. The molecule has 1 aromatic carbocycles. The zero-order valence-electron chi connectivity index (χ0n) is 11.2. The van der Waals surface area contributed by atoms with E-state index in [1.165, 1.54) is 11.3 Å². The number of ether oxygens (including phenoxy) is 1. The fourth-order valence-corrected chi connectivity index (χ4v) is 3.37. The predicted molar refractivity (Wildman–Crippen MR) is 84.3 cm³/mol. The van der Waals surface area contributed by atoms with E-state index in [0.717, 1.165) is 5.56 Å². The molecule has 0 saturated carbocycles. The number of carbonyl (C=O) groups excluding carboxylic acids is 1. The summed E-state index contributed by atoms with van der Waals surface area (Å²) in [4.78, 5) is 16.7. The number of nitrogens with two attached hydrogens (primary N) is 3. The second kappa shape index (κ2) is 5.48. The van der Waals surface area contributed by atoms with Crippen LogP contribution in [0.1, 0.15) is 16.4 Å². The second-order valence-electron chi connectivity index (χ2n) is 4.56. The Hall–Kier alpha value is -2.29. The smallest absolute Gasteiger partial charge is 0.251 e. The molecule has 2 aromatic rings. The van der Waals surface area contributed by atoms with E-state index in [-0.39, 0.29) is 11.5 Å². The van der Waals surface area contributed by atoms with Gasteiger partial charge in [-0.2, -0.15) is 4.98 Å². The highest BCUT2D eigenvalue weighted by Gasteiger charge is 2.36. The molecule has 7 nitrogen and oxygen atoms in total. The maximum absolute atomic E-state index is 11.8. The van der Waals surface area contributed by atoms with Crippen LogP contribution in [0.15, 0.2) is 35.7 Å². The van der Waals surface area contributed by atoms with Gasteiger partial charge in [-0.3, -0.25) is 10.2 Å². The first-order valence-corrected chi connectivity index (χ1v) is 7.40. The molecule has 1 aromatic heterocycles. The van der Waals surface area contributed by atoms with E-state index in [2.05, 4.69) is 10.4 Å². The number of anilines is 1. The van der Waals surface area contributed by atoms with Gasteiger partial charge in [0, 0.05) is 5.02 Å². The normalized spacial score (nSPS) is 16.9. The predicted octanol–water partition coefficient (Wildman–Crippen LogP) is 1.26. The van der Waals surface area contributed by atoms with E-state index < -0.39 is 11.8 Å². The van der Waals surface area contributed by atoms with Gasteiger partial charge in [-0.1, -0.05) is 35.1 Å². The first-order valence-electron chi connectivity index (χ1n) is 6.21. The van der Waals surface area contributed by atoms with E-state index >= 15 is 0 Å². The van der Waals surface area contributed by atoms with Crippen LogP contribution in [-0.4, -0.2) is 10.9 Å². The van der Waals surface area contributed by atoms with Gasteiger partial charge in [0.05, 0.1) is 16.4 Å². The Morgan fingerprint density at radius 3 is 2.64 bits per heavy atom. The van der Waals surface area contributed by atoms with Crippen molar-refractivity contribution < 1.29 is 9.53 Å². The number of hydrazine groups is 1. The van der Waals surface area contributed by atoms with Crippen LogP contribution in [0.3, 0.4) is 0 Å². The lowest BCUT2D eigenvalue weighted by Crippen LogP contribution is -2.29. The molecule has 0 aliphatic carbocycles. The van der Waals surface area contributed by atoms with Crippen molar-refractivity contribution in [1.82, 2.24) is 4.98 Å². The van der Waals surface area contributed by atoms with Crippen molar-refractivity contribution in [2.75, 3.05) is 5.43 Å². The first-order chi connectivity index (χ1) is 10.5. The maximum Gasteiger partial charge on any atom is 0.251 e. The maximum atomic E-state index is 11.8. The van der Waals surface area contributed by atoms with Crippen LogP contribution < -0.4 is 27.5 Å².